The van der Waals surface area contributed by atoms with Gasteiger partial charge in [0.1, 0.15) is 0 Å². The van der Waals surface area contributed by atoms with E-state index in [1.54, 1.807) is 6.20 Å². The van der Waals surface area contributed by atoms with E-state index in [-0.39, 0.29) is 5.41 Å². The largest absolute Gasteiger partial charge is 0.477 e. The zero-order chi connectivity index (χ0) is 16.2. The smallest absolute Gasteiger partial charge is 0.213 e. The summed E-state index contributed by atoms with van der Waals surface area (Å²) in [4.78, 5) is 8.31. The molecule has 5 heteroatoms. The molecule has 2 aromatic heterocycles. The van der Waals surface area contributed by atoms with Gasteiger partial charge in [0, 0.05) is 48.8 Å². The normalized spacial score (nSPS) is 27.6. The van der Waals surface area contributed by atoms with Gasteiger partial charge in [0.15, 0.2) is 0 Å². The van der Waals surface area contributed by atoms with Crippen LogP contribution in [0, 0.1) is 5.41 Å². The first kappa shape index (κ1) is 16.1. The van der Waals surface area contributed by atoms with Crippen LogP contribution in [-0.2, 0) is 11.3 Å². The Hall–Kier alpha value is -1.43. The molecule has 0 spiro atoms. The van der Waals surface area contributed by atoms with Gasteiger partial charge in [0.2, 0.25) is 5.88 Å². The van der Waals surface area contributed by atoms with E-state index >= 15 is 0 Å². The van der Waals surface area contributed by atoms with E-state index in [2.05, 4.69) is 27.4 Å². The van der Waals surface area contributed by atoms with E-state index in [0.29, 0.717) is 18.6 Å². The van der Waals surface area contributed by atoms with Crippen LogP contribution in [0.25, 0.3) is 0 Å². The van der Waals surface area contributed by atoms with Crippen molar-refractivity contribution in [2.45, 2.75) is 31.9 Å². The number of piperidine rings is 1. The van der Waals surface area contributed by atoms with Crippen LogP contribution >= 0.6 is 11.3 Å². The monoisotopic (exact) mass is 344 g/mol. The Morgan fingerprint density at radius 2 is 2.33 bits per heavy atom. The highest BCUT2D eigenvalue weighted by Crippen LogP contribution is 2.41. The summed E-state index contributed by atoms with van der Waals surface area (Å²) in [5, 5.41) is 2.16. The fourth-order valence-corrected chi connectivity index (χ4v) is 4.75. The molecular formula is C19H24N2O2S. The lowest BCUT2D eigenvalue weighted by molar-refractivity contribution is -0.141. The molecule has 0 radical (unpaired) electrons. The molecule has 4 rings (SSSR count). The summed E-state index contributed by atoms with van der Waals surface area (Å²) in [5.41, 5.74) is 0.0886. The summed E-state index contributed by atoms with van der Waals surface area (Å²) in [5.74, 6) is 0.714. The maximum Gasteiger partial charge on any atom is 0.213 e. The number of likely N-dealkylation sites (tertiary alicyclic amines) is 1. The Bertz CT molecular complexity index is 634. The second-order valence-corrected chi connectivity index (χ2v) is 7.89. The number of nitrogens with zero attached hydrogens (tertiary/aromatic N) is 2. The Kier molecular flexibility index (Phi) is 4.83. The van der Waals surface area contributed by atoms with Crippen molar-refractivity contribution in [3.05, 3.63) is 46.8 Å². The standard InChI is InChI=1S/C19H24N2O2S/c1-2-9-20-18(6-1)23-15-19-8-4-11-22-17(19)7-10-21(14-19)13-16-5-3-12-24-16/h1-3,5-6,9,12,17H,4,7-8,10-11,13-15H2/t17-,19-/m0/s1. The molecule has 2 aliphatic heterocycles. The zero-order valence-corrected chi connectivity index (χ0v) is 14.7. The molecule has 24 heavy (non-hydrogen) atoms. The Morgan fingerprint density at radius 3 is 3.17 bits per heavy atom. The molecule has 0 saturated carbocycles. The van der Waals surface area contributed by atoms with E-state index in [4.69, 9.17) is 9.47 Å². The topological polar surface area (TPSA) is 34.6 Å². The Balaban J connectivity index is 1.47. The number of ether oxygens (including phenoxy) is 2. The molecule has 0 unspecified atom stereocenters. The van der Waals surface area contributed by atoms with Gasteiger partial charge >= 0.3 is 0 Å². The lowest BCUT2D eigenvalue weighted by atomic mass is 9.73. The van der Waals surface area contributed by atoms with Crippen molar-refractivity contribution in [1.29, 1.82) is 0 Å². The molecule has 2 saturated heterocycles. The minimum atomic E-state index is 0.0886. The van der Waals surface area contributed by atoms with Crippen molar-refractivity contribution < 1.29 is 9.47 Å². The average Bonchev–Trinajstić information content (AvgIpc) is 3.14. The number of hydrogen-bond acceptors (Lipinski definition) is 5. The molecule has 0 N–H and O–H groups in total. The fraction of sp³-hybridized carbons (Fsp3) is 0.526. The Labute approximate surface area is 147 Å². The first-order chi connectivity index (χ1) is 11.8. The van der Waals surface area contributed by atoms with Crippen molar-refractivity contribution in [3.8, 4) is 5.88 Å². The predicted molar refractivity (Wildman–Crippen MR) is 95.4 cm³/mol. The summed E-state index contributed by atoms with van der Waals surface area (Å²) in [7, 11) is 0. The molecule has 128 valence electrons. The summed E-state index contributed by atoms with van der Waals surface area (Å²) in [6.45, 7) is 4.77. The maximum absolute atomic E-state index is 6.13. The van der Waals surface area contributed by atoms with E-state index in [0.717, 1.165) is 39.1 Å². The van der Waals surface area contributed by atoms with Gasteiger partial charge in [-0.25, -0.2) is 4.98 Å². The molecule has 2 atom stereocenters. The van der Waals surface area contributed by atoms with Gasteiger partial charge in [-0.1, -0.05) is 12.1 Å². The number of aromatic nitrogens is 1. The first-order valence-electron chi connectivity index (χ1n) is 8.74. The second kappa shape index (κ2) is 7.21. The summed E-state index contributed by atoms with van der Waals surface area (Å²) < 4.78 is 12.2. The highest BCUT2D eigenvalue weighted by Gasteiger charge is 2.46. The Morgan fingerprint density at radius 1 is 1.33 bits per heavy atom. The number of fused-ring (bicyclic) bond motifs is 1. The summed E-state index contributed by atoms with van der Waals surface area (Å²) >= 11 is 1.84. The summed E-state index contributed by atoms with van der Waals surface area (Å²) in [6, 6.07) is 10.2. The minimum Gasteiger partial charge on any atom is -0.477 e. The van der Waals surface area contributed by atoms with Gasteiger partial charge < -0.3 is 9.47 Å². The van der Waals surface area contributed by atoms with Crippen LogP contribution < -0.4 is 4.74 Å². The lowest BCUT2D eigenvalue weighted by Gasteiger charge is -2.50. The van der Waals surface area contributed by atoms with E-state index in [1.165, 1.54) is 11.3 Å². The molecule has 2 aromatic rings. The van der Waals surface area contributed by atoms with Crippen LogP contribution in [0.4, 0.5) is 0 Å². The molecule has 0 amide bonds. The first-order valence-corrected chi connectivity index (χ1v) is 9.62. The van der Waals surface area contributed by atoms with Crippen molar-refractivity contribution >= 4 is 11.3 Å². The summed E-state index contributed by atoms with van der Waals surface area (Å²) in [6.07, 6.45) is 5.48. The third kappa shape index (κ3) is 3.48. The molecule has 0 aromatic carbocycles. The molecule has 0 bridgehead atoms. The van der Waals surface area contributed by atoms with Gasteiger partial charge in [-0.2, -0.15) is 0 Å². The van der Waals surface area contributed by atoms with Crippen LogP contribution in [-0.4, -0.2) is 42.3 Å². The van der Waals surface area contributed by atoms with Crippen molar-refractivity contribution in [3.63, 3.8) is 0 Å². The van der Waals surface area contributed by atoms with Gasteiger partial charge in [0.05, 0.1) is 12.7 Å². The van der Waals surface area contributed by atoms with Crippen LogP contribution in [0.5, 0.6) is 5.88 Å². The molecule has 2 aliphatic rings. The molecule has 4 nitrogen and oxygen atoms in total. The molecule has 2 fully saturated rings. The molecule has 0 aliphatic carbocycles. The number of hydrogen-bond donors (Lipinski definition) is 0. The van der Waals surface area contributed by atoms with Gasteiger partial charge in [-0.15, -0.1) is 11.3 Å². The highest BCUT2D eigenvalue weighted by molar-refractivity contribution is 7.09. The highest BCUT2D eigenvalue weighted by atomic mass is 32.1. The average molecular weight is 344 g/mol. The van der Waals surface area contributed by atoms with Gasteiger partial charge in [0.25, 0.3) is 0 Å². The maximum atomic E-state index is 6.13. The SMILES string of the molecule is c1ccc(OC[C@@]23CCCO[C@H]2CCN(Cc2cccs2)C3)nc1. The van der Waals surface area contributed by atoms with E-state index in [9.17, 15) is 0 Å². The van der Waals surface area contributed by atoms with Crippen molar-refractivity contribution in [2.24, 2.45) is 5.41 Å². The van der Waals surface area contributed by atoms with Crippen LogP contribution in [0.2, 0.25) is 0 Å². The van der Waals surface area contributed by atoms with Crippen LogP contribution in [0.3, 0.4) is 0 Å². The van der Waals surface area contributed by atoms with Crippen LogP contribution in [0.1, 0.15) is 24.1 Å². The van der Waals surface area contributed by atoms with Crippen molar-refractivity contribution in [2.75, 3.05) is 26.3 Å². The predicted octanol–water partition coefficient (Wildman–Crippen LogP) is 3.59. The van der Waals surface area contributed by atoms with Crippen molar-refractivity contribution in [1.82, 2.24) is 9.88 Å². The second-order valence-electron chi connectivity index (χ2n) is 6.86. The molecule has 4 heterocycles. The number of rotatable bonds is 5. The lowest BCUT2D eigenvalue weighted by Crippen LogP contribution is -2.57. The quantitative estimate of drug-likeness (QED) is 0.830. The zero-order valence-electron chi connectivity index (χ0n) is 13.9. The third-order valence-corrected chi connectivity index (χ3v) is 6.03. The van der Waals surface area contributed by atoms with E-state index in [1.807, 2.05) is 29.5 Å². The van der Waals surface area contributed by atoms with E-state index < -0.39 is 0 Å². The number of thiophene rings is 1. The van der Waals surface area contributed by atoms with Gasteiger partial charge in [-0.05, 0) is 36.8 Å². The van der Waals surface area contributed by atoms with Crippen LogP contribution in [0.15, 0.2) is 41.9 Å². The minimum absolute atomic E-state index is 0.0886. The number of pyridine rings is 1. The molecular weight excluding hydrogens is 320 g/mol. The van der Waals surface area contributed by atoms with Gasteiger partial charge in [-0.3, -0.25) is 4.90 Å². The third-order valence-electron chi connectivity index (χ3n) is 5.17. The fourth-order valence-electron chi connectivity index (χ4n) is 4.00.